The summed E-state index contributed by atoms with van der Waals surface area (Å²) in [5, 5.41) is 14.7. The second-order valence-corrected chi connectivity index (χ2v) is 8.52. The quantitative estimate of drug-likeness (QED) is 0.162. The van der Waals surface area contributed by atoms with Crippen molar-refractivity contribution in [1.29, 1.82) is 0 Å². The highest BCUT2D eigenvalue weighted by molar-refractivity contribution is 5.95. The number of primary amides is 1. The minimum absolute atomic E-state index is 0.285. The average Bonchev–Trinajstić information content (AvgIpc) is 3.25. The van der Waals surface area contributed by atoms with Crippen LogP contribution in [-0.2, 0) is 24.0 Å². The number of carbonyl (C=O) groups excluding carboxylic acids is 4. The number of hydrogen-bond donors (Lipinski definition) is 6. The number of amides is 4. The Hall–Kier alpha value is -2.73. The largest absolute Gasteiger partial charge is 0.480 e. The van der Waals surface area contributed by atoms with E-state index in [4.69, 9.17) is 17.2 Å². The average molecular weight is 471 g/mol. The molecule has 1 heterocycles. The number of rotatable bonds is 14. The van der Waals surface area contributed by atoms with E-state index in [1.807, 2.05) is 6.92 Å². The van der Waals surface area contributed by atoms with Crippen LogP contribution >= 0.6 is 0 Å². The monoisotopic (exact) mass is 470 g/mol. The Balaban J connectivity index is 3.01. The zero-order valence-electron chi connectivity index (χ0n) is 19.4. The third-order valence-electron chi connectivity index (χ3n) is 5.93. The van der Waals surface area contributed by atoms with E-state index in [2.05, 4.69) is 10.6 Å². The number of nitrogens with two attached hydrogens (primary N) is 3. The van der Waals surface area contributed by atoms with Gasteiger partial charge in [-0.1, -0.05) is 20.3 Å². The summed E-state index contributed by atoms with van der Waals surface area (Å²) in [6, 6.07) is -4.08. The van der Waals surface area contributed by atoms with E-state index in [0.29, 0.717) is 45.2 Å². The number of hydrogen-bond acceptors (Lipinski definition) is 7. The van der Waals surface area contributed by atoms with E-state index in [9.17, 15) is 29.1 Å². The van der Waals surface area contributed by atoms with Gasteiger partial charge in [-0.2, -0.15) is 0 Å². The van der Waals surface area contributed by atoms with Crippen molar-refractivity contribution in [2.75, 3.05) is 13.1 Å². The highest BCUT2D eigenvalue weighted by Crippen LogP contribution is 2.20. The van der Waals surface area contributed by atoms with Gasteiger partial charge in [0.15, 0.2) is 0 Å². The number of nitrogens with zero attached hydrogens (tertiary/aromatic N) is 1. The molecule has 1 aliphatic rings. The molecule has 0 aromatic carbocycles. The van der Waals surface area contributed by atoms with Crippen molar-refractivity contribution in [2.24, 2.45) is 23.1 Å². The molecule has 5 unspecified atom stereocenters. The van der Waals surface area contributed by atoms with Gasteiger partial charge in [-0.3, -0.25) is 19.2 Å². The lowest BCUT2D eigenvalue weighted by Gasteiger charge is -2.30. The van der Waals surface area contributed by atoms with Gasteiger partial charge < -0.3 is 37.8 Å². The lowest BCUT2D eigenvalue weighted by Crippen LogP contribution is -2.58. The smallest absolute Gasteiger partial charge is 0.326 e. The van der Waals surface area contributed by atoms with Crippen molar-refractivity contribution in [1.82, 2.24) is 15.5 Å². The Labute approximate surface area is 194 Å². The topological polar surface area (TPSA) is 211 Å². The second-order valence-electron chi connectivity index (χ2n) is 8.52. The summed E-state index contributed by atoms with van der Waals surface area (Å²) >= 11 is 0. The van der Waals surface area contributed by atoms with Crippen molar-refractivity contribution in [3.63, 3.8) is 0 Å². The van der Waals surface area contributed by atoms with Crippen LogP contribution < -0.4 is 27.8 Å². The number of carboxylic acids is 1. The minimum atomic E-state index is -1.20. The number of likely N-dealkylation sites (tertiary alicyclic amines) is 1. The fourth-order valence-corrected chi connectivity index (χ4v) is 3.77. The molecule has 5 atom stereocenters. The molecule has 0 saturated carbocycles. The van der Waals surface area contributed by atoms with Crippen molar-refractivity contribution in [3.8, 4) is 0 Å². The van der Waals surface area contributed by atoms with Crippen molar-refractivity contribution in [2.45, 2.75) is 83.0 Å². The van der Waals surface area contributed by atoms with Crippen LogP contribution in [0.2, 0.25) is 0 Å². The van der Waals surface area contributed by atoms with Crippen LogP contribution in [0.15, 0.2) is 0 Å². The number of aliphatic carboxylic acids is 1. The molecular weight excluding hydrogens is 432 g/mol. The molecule has 12 heteroatoms. The minimum Gasteiger partial charge on any atom is -0.480 e. The third-order valence-corrected chi connectivity index (χ3v) is 5.93. The van der Waals surface area contributed by atoms with Gasteiger partial charge in [0.2, 0.25) is 23.6 Å². The Bertz CT molecular complexity index is 717. The molecule has 9 N–H and O–H groups in total. The SMILES string of the molecule is CCC(C)C(NC(=O)C(N)CC(N)=O)C(=O)NC(CCCCN)C(=O)N1CCCC1C(=O)O. The maximum atomic E-state index is 13.2. The van der Waals surface area contributed by atoms with Gasteiger partial charge in [-0.05, 0) is 44.6 Å². The van der Waals surface area contributed by atoms with Crippen LogP contribution in [0.5, 0.6) is 0 Å². The molecule has 0 aromatic heterocycles. The molecule has 1 saturated heterocycles. The van der Waals surface area contributed by atoms with Crippen molar-refractivity contribution >= 4 is 29.6 Å². The predicted molar refractivity (Wildman–Crippen MR) is 120 cm³/mol. The van der Waals surface area contributed by atoms with Gasteiger partial charge >= 0.3 is 5.97 Å². The first kappa shape index (κ1) is 28.3. The Morgan fingerprint density at radius 2 is 1.79 bits per heavy atom. The molecule has 0 bridgehead atoms. The lowest BCUT2D eigenvalue weighted by atomic mass is 9.96. The maximum Gasteiger partial charge on any atom is 0.326 e. The van der Waals surface area contributed by atoms with E-state index < -0.39 is 53.8 Å². The molecule has 188 valence electrons. The Morgan fingerprint density at radius 1 is 1.12 bits per heavy atom. The summed E-state index contributed by atoms with van der Waals surface area (Å²) in [5.41, 5.74) is 16.3. The highest BCUT2D eigenvalue weighted by Gasteiger charge is 2.38. The van der Waals surface area contributed by atoms with E-state index in [1.165, 1.54) is 4.90 Å². The van der Waals surface area contributed by atoms with Gasteiger partial charge in [0.25, 0.3) is 0 Å². The fraction of sp³-hybridized carbons (Fsp3) is 0.762. The van der Waals surface area contributed by atoms with Crippen LogP contribution in [0.4, 0.5) is 0 Å². The van der Waals surface area contributed by atoms with Crippen LogP contribution in [-0.4, -0.2) is 76.9 Å². The lowest BCUT2D eigenvalue weighted by molar-refractivity contribution is -0.149. The van der Waals surface area contributed by atoms with E-state index in [-0.39, 0.29) is 18.8 Å². The molecule has 1 rings (SSSR count). The van der Waals surface area contributed by atoms with Crippen LogP contribution in [0, 0.1) is 5.92 Å². The summed E-state index contributed by atoms with van der Waals surface area (Å²) in [7, 11) is 0. The standard InChI is InChI=1S/C21H38N6O6/c1-3-12(2)17(26-18(29)13(23)11-16(24)28)19(30)25-14(7-4-5-9-22)20(31)27-10-6-8-15(27)21(32)33/h12-15,17H,3-11,22-23H2,1-2H3,(H2,24,28)(H,25,30)(H,26,29)(H,32,33). The zero-order chi connectivity index (χ0) is 25.1. The van der Waals surface area contributed by atoms with Crippen LogP contribution in [0.3, 0.4) is 0 Å². The van der Waals surface area contributed by atoms with Crippen LogP contribution in [0.25, 0.3) is 0 Å². The maximum absolute atomic E-state index is 13.2. The first-order chi connectivity index (χ1) is 15.5. The number of carbonyl (C=O) groups is 5. The molecule has 0 spiro atoms. The first-order valence-corrected chi connectivity index (χ1v) is 11.4. The Morgan fingerprint density at radius 3 is 2.33 bits per heavy atom. The summed E-state index contributed by atoms with van der Waals surface area (Å²) in [4.78, 5) is 62.6. The molecular formula is C21H38N6O6. The number of nitrogens with one attached hydrogen (secondary N) is 2. The molecule has 1 fully saturated rings. The summed E-state index contributed by atoms with van der Waals surface area (Å²) in [6.07, 6.45) is 2.57. The molecule has 33 heavy (non-hydrogen) atoms. The second kappa shape index (κ2) is 13.7. The fourth-order valence-electron chi connectivity index (χ4n) is 3.77. The molecule has 0 aromatic rings. The summed E-state index contributed by atoms with van der Waals surface area (Å²) < 4.78 is 0. The first-order valence-electron chi connectivity index (χ1n) is 11.4. The van der Waals surface area contributed by atoms with E-state index >= 15 is 0 Å². The normalized spacial score (nSPS) is 19.3. The van der Waals surface area contributed by atoms with Gasteiger partial charge in [0, 0.05) is 6.54 Å². The van der Waals surface area contributed by atoms with Gasteiger partial charge in [-0.25, -0.2) is 4.79 Å². The third kappa shape index (κ3) is 8.61. The Kier molecular flexibility index (Phi) is 11.8. The molecule has 4 amide bonds. The molecule has 0 aliphatic carbocycles. The molecule has 1 aliphatic heterocycles. The predicted octanol–water partition coefficient (Wildman–Crippen LogP) is -1.59. The van der Waals surface area contributed by atoms with Gasteiger partial charge in [0.05, 0.1) is 12.5 Å². The van der Waals surface area contributed by atoms with Gasteiger partial charge in [0.1, 0.15) is 18.1 Å². The zero-order valence-corrected chi connectivity index (χ0v) is 19.4. The molecule has 12 nitrogen and oxygen atoms in total. The van der Waals surface area contributed by atoms with Gasteiger partial charge in [-0.15, -0.1) is 0 Å². The molecule has 0 radical (unpaired) electrons. The summed E-state index contributed by atoms with van der Waals surface area (Å²) in [5.74, 6) is -3.88. The van der Waals surface area contributed by atoms with Crippen molar-refractivity contribution in [3.05, 3.63) is 0 Å². The van der Waals surface area contributed by atoms with E-state index in [0.717, 1.165) is 0 Å². The van der Waals surface area contributed by atoms with Crippen LogP contribution in [0.1, 0.15) is 58.8 Å². The summed E-state index contributed by atoms with van der Waals surface area (Å²) in [6.45, 7) is 4.31. The highest BCUT2D eigenvalue weighted by atomic mass is 16.4. The number of unbranched alkanes of at least 4 members (excludes halogenated alkanes) is 1. The van der Waals surface area contributed by atoms with Crippen molar-refractivity contribution < 1.29 is 29.1 Å². The number of carboxylic acid groups (broad SMARTS) is 1. The van der Waals surface area contributed by atoms with E-state index in [1.54, 1.807) is 6.92 Å².